The minimum absolute atomic E-state index is 0.0584. The number of piperidine rings is 1. The third-order valence-corrected chi connectivity index (χ3v) is 7.77. The van der Waals surface area contributed by atoms with Crippen molar-refractivity contribution < 1.29 is 14.0 Å². The highest BCUT2D eigenvalue weighted by atomic mass is 19.1. The van der Waals surface area contributed by atoms with Crippen LogP contribution in [0.15, 0.2) is 48.0 Å². The number of rotatable bonds is 5. The number of carbonyl (C=O) groups is 2. The van der Waals surface area contributed by atoms with Crippen molar-refractivity contribution in [2.24, 2.45) is 11.3 Å². The second-order valence-corrected chi connectivity index (χ2v) is 9.68. The van der Waals surface area contributed by atoms with Gasteiger partial charge in [-0.05, 0) is 58.4 Å². The van der Waals surface area contributed by atoms with Crippen LogP contribution in [0.5, 0.6) is 0 Å². The fourth-order valence-corrected chi connectivity index (χ4v) is 5.86. The van der Waals surface area contributed by atoms with Crippen LogP contribution in [-0.4, -0.2) is 29.9 Å². The third-order valence-electron chi connectivity index (χ3n) is 7.77. The molecule has 1 unspecified atom stereocenters. The lowest BCUT2D eigenvalue weighted by Crippen LogP contribution is -2.52. The molecule has 2 bridgehead atoms. The summed E-state index contributed by atoms with van der Waals surface area (Å²) in [5.41, 5.74) is 4.90. The van der Waals surface area contributed by atoms with Crippen molar-refractivity contribution in [3.8, 4) is 17.2 Å². The van der Waals surface area contributed by atoms with Gasteiger partial charge in [-0.2, -0.15) is 5.26 Å². The molecule has 1 saturated heterocycles. The van der Waals surface area contributed by atoms with Gasteiger partial charge < -0.3 is 10.6 Å². The summed E-state index contributed by atoms with van der Waals surface area (Å²) in [6.45, 7) is 2.64. The van der Waals surface area contributed by atoms with Crippen LogP contribution >= 0.6 is 0 Å². The van der Waals surface area contributed by atoms with E-state index in [1.54, 1.807) is 24.3 Å². The van der Waals surface area contributed by atoms with Crippen LogP contribution in [0.2, 0.25) is 0 Å². The molecule has 7 heteroatoms. The average molecular weight is 442 g/mol. The van der Waals surface area contributed by atoms with Crippen molar-refractivity contribution in [1.29, 1.82) is 5.26 Å². The van der Waals surface area contributed by atoms with Gasteiger partial charge >= 0.3 is 0 Å². The van der Waals surface area contributed by atoms with Gasteiger partial charge in [0, 0.05) is 30.0 Å². The maximum absolute atomic E-state index is 14.9. The molecule has 2 amide bonds. The van der Waals surface area contributed by atoms with Crippen molar-refractivity contribution in [1.82, 2.24) is 16.0 Å². The van der Waals surface area contributed by atoms with Crippen LogP contribution < -0.4 is 16.0 Å². The summed E-state index contributed by atoms with van der Waals surface area (Å²) in [7, 11) is 0. The van der Waals surface area contributed by atoms with Crippen LogP contribution in [0.1, 0.15) is 34.8 Å². The first kappa shape index (κ1) is 20.1. The number of amides is 2. The van der Waals surface area contributed by atoms with Crippen molar-refractivity contribution in [3.63, 3.8) is 0 Å². The van der Waals surface area contributed by atoms with E-state index in [0.717, 1.165) is 17.5 Å². The Balaban J connectivity index is 1.14. The Kier molecular flexibility index (Phi) is 4.27. The highest BCUT2D eigenvalue weighted by molar-refractivity contribution is 5.98. The molecule has 2 aliphatic carbocycles. The van der Waals surface area contributed by atoms with Gasteiger partial charge in [0.15, 0.2) is 0 Å². The number of benzene rings is 2. The summed E-state index contributed by atoms with van der Waals surface area (Å²) in [5, 5.41) is 18.6. The van der Waals surface area contributed by atoms with E-state index in [9.17, 15) is 19.2 Å². The smallest absolute Gasteiger partial charge is 0.251 e. The monoisotopic (exact) mass is 442 g/mol. The van der Waals surface area contributed by atoms with Gasteiger partial charge in [-0.3, -0.25) is 14.9 Å². The van der Waals surface area contributed by atoms with Crippen LogP contribution in [0.25, 0.3) is 11.1 Å². The van der Waals surface area contributed by atoms with Crippen molar-refractivity contribution >= 4 is 11.8 Å². The molecule has 166 valence electrons. The number of nitrogens with zero attached hydrogens (tertiary/aromatic N) is 1. The lowest BCUT2D eigenvalue weighted by atomic mass is 9.84. The first-order valence-electron chi connectivity index (χ1n) is 11.3. The molecule has 4 aliphatic rings. The predicted molar refractivity (Wildman–Crippen MR) is 119 cm³/mol. The molecule has 6 rings (SSSR count). The average Bonchev–Trinajstić information content (AvgIpc) is 3.10. The molecule has 2 fully saturated rings. The summed E-state index contributed by atoms with van der Waals surface area (Å²) in [6, 6.07) is 11.6. The maximum Gasteiger partial charge on any atom is 0.251 e. The van der Waals surface area contributed by atoms with Crippen molar-refractivity contribution in [2.45, 2.75) is 44.4 Å². The van der Waals surface area contributed by atoms with Gasteiger partial charge in [-0.15, -0.1) is 0 Å². The molecule has 5 atom stereocenters. The van der Waals surface area contributed by atoms with Crippen LogP contribution in [-0.2, 0) is 17.8 Å². The Labute approximate surface area is 190 Å². The van der Waals surface area contributed by atoms with Gasteiger partial charge in [0.1, 0.15) is 11.9 Å². The van der Waals surface area contributed by atoms with E-state index >= 15 is 0 Å². The number of carbonyl (C=O) groups excluding carboxylic acids is 2. The minimum atomic E-state index is -0.810. The molecule has 2 aromatic carbocycles. The number of halogens is 1. The molecule has 0 aromatic heterocycles. The van der Waals surface area contributed by atoms with E-state index in [0.29, 0.717) is 23.2 Å². The van der Waals surface area contributed by atoms with Crippen molar-refractivity contribution in [3.05, 3.63) is 70.6 Å². The fourth-order valence-electron chi connectivity index (χ4n) is 5.86. The molecule has 33 heavy (non-hydrogen) atoms. The number of hydrogen-bond acceptors (Lipinski definition) is 4. The number of fused-ring (bicyclic) bond motifs is 6. The molecule has 2 aromatic rings. The molecular formula is C26H23FN4O2. The van der Waals surface area contributed by atoms with Crippen LogP contribution in [0, 0.1) is 28.5 Å². The number of nitrogens with one attached hydrogen (secondary N) is 3. The summed E-state index contributed by atoms with van der Waals surface area (Å²) in [5.74, 6) is -0.473. The molecular weight excluding hydrogens is 419 g/mol. The normalized spacial score (nSPS) is 28.9. The number of allylic oxidation sites excluding steroid dienone is 1. The highest BCUT2D eigenvalue weighted by Gasteiger charge is 2.63. The second-order valence-electron chi connectivity index (χ2n) is 9.68. The van der Waals surface area contributed by atoms with Crippen LogP contribution in [0.3, 0.4) is 0 Å². The maximum atomic E-state index is 14.9. The third kappa shape index (κ3) is 3.09. The number of nitriles is 1. The first-order valence-corrected chi connectivity index (χ1v) is 11.3. The van der Waals surface area contributed by atoms with Gasteiger partial charge in [-0.25, -0.2) is 4.39 Å². The summed E-state index contributed by atoms with van der Waals surface area (Å²) >= 11 is 0. The first-order chi connectivity index (χ1) is 15.9. The second kappa shape index (κ2) is 7.00. The molecule has 2 heterocycles. The molecule has 3 N–H and O–H groups in total. The molecule has 2 aliphatic heterocycles. The zero-order chi connectivity index (χ0) is 22.9. The van der Waals surface area contributed by atoms with Gasteiger partial charge in [0.2, 0.25) is 5.91 Å². The lowest BCUT2D eigenvalue weighted by Gasteiger charge is -2.28. The topological polar surface area (TPSA) is 94.0 Å². The van der Waals surface area contributed by atoms with E-state index in [-0.39, 0.29) is 41.7 Å². The minimum Gasteiger partial charge on any atom is -0.348 e. The van der Waals surface area contributed by atoms with E-state index < -0.39 is 11.9 Å². The molecule has 1 saturated carbocycles. The Morgan fingerprint density at radius 1 is 1.30 bits per heavy atom. The summed E-state index contributed by atoms with van der Waals surface area (Å²) < 4.78 is 14.9. The van der Waals surface area contributed by atoms with Gasteiger partial charge in [0.05, 0.1) is 12.1 Å². The molecule has 0 radical (unpaired) electrons. The Bertz CT molecular complexity index is 1300. The summed E-state index contributed by atoms with van der Waals surface area (Å²) in [6.07, 6.45) is 3.29. The fraction of sp³-hybridized carbons (Fsp3) is 0.346. The lowest BCUT2D eigenvalue weighted by molar-refractivity contribution is -0.124. The predicted octanol–water partition coefficient (Wildman–Crippen LogP) is 2.59. The largest absolute Gasteiger partial charge is 0.348 e. The standard InChI is InChI=1S/C26H23FN4O2/c1-26-10-20(26)22-9-19(26)23(31-22)25(33)30-17(11-28)7-15-3-2-14(8-21(15)27)13-4-5-18-16(6-13)12-29-24(18)32/h2-6,8,10,17,19,22-23,31H,7,9,12H2,1H3,(H,29,32)(H,30,33)/t17-,19-,22-,23-,26?/m0/s1. The zero-order valence-corrected chi connectivity index (χ0v) is 18.1. The van der Waals surface area contributed by atoms with Gasteiger partial charge in [0.25, 0.3) is 5.91 Å². The Morgan fingerprint density at radius 3 is 2.82 bits per heavy atom. The highest BCUT2D eigenvalue weighted by Crippen LogP contribution is 2.63. The van der Waals surface area contributed by atoms with Crippen LogP contribution in [0.4, 0.5) is 4.39 Å². The quantitative estimate of drug-likeness (QED) is 0.621. The zero-order valence-electron chi connectivity index (χ0n) is 18.1. The van der Waals surface area contributed by atoms with Gasteiger partial charge in [-0.1, -0.05) is 31.2 Å². The van der Waals surface area contributed by atoms with E-state index in [1.807, 2.05) is 6.07 Å². The van der Waals surface area contributed by atoms with E-state index in [4.69, 9.17) is 0 Å². The van der Waals surface area contributed by atoms with Crippen molar-refractivity contribution in [2.75, 3.05) is 0 Å². The SMILES string of the molecule is CC12C=C1[C@@H]1C[C@H]2[C@@H](C(=O)N[C@H](C#N)Cc2ccc(-c3ccc4c(c3)CNC4=O)cc2F)N1. The summed E-state index contributed by atoms with van der Waals surface area (Å²) in [4.78, 5) is 24.6. The van der Waals surface area contributed by atoms with E-state index in [2.05, 4.69) is 35.0 Å². The number of hydrogen-bond donors (Lipinski definition) is 3. The Morgan fingerprint density at radius 2 is 2.09 bits per heavy atom. The van der Waals surface area contributed by atoms with E-state index in [1.165, 1.54) is 11.6 Å². The molecule has 6 nitrogen and oxygen atoms in total. The Hall–Kier alpha value is -3.50. The molecule has 0 spiro atoms.